The van der Waals surface area contributed by atoms with Gasteiger partial charge in [0.1, 0.15) is 5.60 Å². The van der Waals surface area contributed by atoms with Crippen LogP contribution in [0.5, 0.6) is 5.75 Å². The van der Waals surface area contributed by atoms with Crippen molar-refractivity contribution in [1.29, 1.82) is 0 Å². The second-order valence-corrected chi connectivity index (χ2v) is 8.33. The number of aromatic nitrogens is 2. The predicted octanol–water partition coefficient (Wildman–Crippen LogP) is 4.97. The fraction of sp³-hybridized carbons (Fsp3) is 0.429. The third-order valence-corrected chi connectivity index (χ3v) is 5.39. The highest BCUT2D eigenvalue weighted by atomic mass is 19.4. The fourth-order valence-electron chi connectivity index (χ4n) is 3.70. The van der Waals surface area contributed by atoms with Gasteiger partial charge in [0.2, 0.25) is 5.95 Å². The number of nitrogens with one attached hydrogen (secondary N) is 1. The molecular weight excluding hydrogens is 483 g/mol. The van der Waals surface area contributed by atoms with Crippen molar-refractivity contribution in [1.82, 2.24) is 9.97 Å². The molecule has 1 fully saturated rings. The number of nitrogens with zero attached hydrogens (tertiary/aromatic N) is 3. The summed E-state index contributed by atoms with van der Waals surface area (Å²) in [4.78, 5) is 31.8. The molecule has 3 N–H and O–H groups in total. The van der Waals surface area contributed by atoms with Gasteiger partial charge in [0.15, 0.2) is 23.2 Å². The van der Waals surface area contributed by atoms with Crippen molar-refractivity contribution < 1.29 is 46.5 Å². The van der Waals surface area contributed by atoms with Crippen molar-refractivity contribution in [3.8, 4) is 5.75 Å². The minimum absolute atomic E-state index is 0.00587. The fourth-order valence-corrected chi connectivity index (χ4v) is 3.70. The van der Waals surface area contributed by atoms with Crippen molar-refractivity contribution in [2.45, 2.75) is 57.3 Å². The summed E-state index contributed by atoms with van der Waals surface area (Å²) in [5, 5.41) is 19.1. The van der Waals surface area contributed by atoms with Crippen LogP contribution in [0, 0.1) is 11.6 Å². The molecule has 0 unspecified atom stereocenters. The zero-order chi connectivity index (χ0) is 26.1. The molecular formula is C21H21F5N4O5. The SMILES string of the molecule is CC1(C)OC(=O)N(C2CCCC2)c2nc(Nc3cc(F)c(O)c(F)c3)ncc21.O=C(O)C(F)(F)F. The molecule has 1 amide bonds. The second kappa shape index (κ2) is 9.50. The molecule has 35 heavy (non-hydrogen) atoms. The Morgan fingerprint density at radius 1 is 1.20 bits per heavy atom. The van der Waals surface area contributed by atoms with E-state index in [1.165, 1.54) is 0 Å². The molecule has 190 valence electrons. The summed E-state index contributed by atoms with van der Waals surface area (Å²) in [5.41, 5.74) is -0.193. The van der Waals surface area contributed by atoms with Gasteiger partial charge in [-0.05, 0) is 26.7 Å². The van der Waals surface area contributed by atoms with Gasteiger partial charge in [-0.1, -0.05) is 12.8 Å². The number of ether oxygens (including phenoxy) is 1. The average Bonchev–Trinajstić information content (AvgIpc) is 3.25. The highest BCUT2D eigenvalue weighted by molar-refractivity contribution is 5.91. The number of rotatable bonds is 3. The van der Waals surface area contributed by atoms with Crippen LogP contribution in [0.25, 0.3) is 0 Å². The van der Waals surface area contributed by atoms with Gasteiger partial charge in [0.25, 0.3) is 0 Å². The number of carboxylic acids is 1. The van der Waals surface area contributed by atoms with Crippen LogP contribution in [-0.4, -0.2) is 44.5 Å². The summed E-state index contributed by atoms with van der Waals surface area (Å²) in [5.74, 6) is -5.49. The smallest absolute Gasteiger partial charge is 0.490 e. The van der Waals surface area contributed by atoms with Gasteiger partial charge < -0.3 is 20.3 Å². The van der Waals surface area contributed by atoms with Crippen molar-refractivity contribution in [3.05, 3.63) is 35.5 Å². The predicted molar refractivity (Wildman–Crippen MR) is 111 cm³/mol. The van der Waals surface area contributed by atoms with E-state index in [-0.39, 0.29) is 17.7 Å². The molecule has 1 aliphatic heterocycles. The third kappa shape index (κ3) is 5.69. The molecule has 14 heteroatoms. The van der Waals surface area contributed by atoms with Crippen LogP contribution in [0.3, 0.4) is 0 Å². The first-order chi connectivity index (χ1) is 16.2. The number of cyclic esters (lactones) is 1. The van der Waals surface area contributed by atoms with Gasteiger partial charge in [-0.2, -0.15) is 18.2 Å². The number of benzene rings is 1. The first-order valence-electron chi connectivity index (χ1n) is 10.4. The van der Waals surface area contributed by atoms with E-state index in [1.807, 2.05) is 0 Å². The molecule has 0 bridgehead atoms. The minimum Gasteiger partial charge on any atom is -0.503 e. The summed E-state index contributed by atoms with van der Waals surface area (Å²) < 4.78 is 64.5. The monoisotopic (exact) mass is 504 g/mol. The van der Waals surface area contributed by atoms with Crippen LogP contribution in [-0.2, 0) is 15.1 Å². The Balaban J connectivity index is 0.000000429. The lowest BCUT2D eigenvalue weighted by molar-refractivity contribution is -0.192. The van der Waals surface area contributed by atoms with Gasteiger partial charge in [-0.25, -0.2) is 23.4 Å². The number of carbonyl (C=O) groups is 2. The number of amides is 1. The Morgan fingerprint density at radius 3 is 2.26 bits per heavy atom. The van der Waals surface area contributed by atoms with Gasteiger partial charge in [0, 0.05) is 30.1 Å². The topological polar surface area (TPSA) is 125 Å². The number of carbonyl (C=O) groups excluding carboxylic acids is 1. The van der Waals surface area contributed by atoms with Crippen molar-refractivity contribution in [2.24, 2.45) is 0 Å². The van der Waals surface area contributed by atoms with E-state index in [2.05, 4.69) is 15.3 Å². The van der Waals surface area contributed by atoms with Crippen molar-refractivity contribution >= 4 is 29.5 Å². The number of aliphatic carboxylic acids is 1. The lowest BCUT2D eigenvalue weighted by Crippen LogP contribution is -2.48. The summed E-state index contributed by atoms with van der Waals surface area (Å²) in [6.45, 7) is 3.52. The number of halogens is 5. The molecule has 2 aliphatic rings. The van der Waals surface area contributed by atoms with Crippen LogP contribution < -0.4 is 10.2 Å². The molecule has 2 heterocycles. The highest BCUT2D eigenvalue weighted by Gasteiger charge is 2.43. The molecule has 0 radical (unpaired) electrons. The number of carboxylic acid groups (broad SMARTS) is 1. The lowest BCUT2D eigenvalue weighted by Gasteiger charge is -2.39. The van der Waals surface area contributed by atoms with E-state index in [0.29, 0.717) is 11.4 Å². The molecule has 1 aromatic carbocycles. The number of fused-ring (bicyclic) bond motifs is 1. The van der Waals surface area contributed by atoms with Gasteiger partial charge >= 0.3 is 18.2 Å². The summed E-state index contributed by atoms with van der Waals surface area (Å²) in [7, 11) is 0. The van der Waals surface area contributed by atoms with Crippen LogP contribution in [0.2, 0.25) is 0 Å². The number of alkyl halides is 3. The Hall–Kier alpha value is -3.71. The zero-order valence-corrected chi connectivity index (χ0v) is 18.5. The molecule has 1 aliphatic carbocycles. The first kappa shape index (κ1) is 25.9. The third-order valence-electron chi connectivity index (χ3n) is 5.39. The molecule has 1 aromatic heterocycles. The van der Waals surface area contributed by atoms with Gasteiger partial charge in [-0.3, -0.25) is 4.90 Å². The average molecular weight is 504 g/mol. The standard InChI is InChI=1S/C19H20F2N4O3.C2HF3O2/c1-19(2)12-9-22-17(23-10-7-13(20)15(26)14(21)8-10)24-16(12)25(18(27)28-19)11-5-3-4-6-11;3-2(4,5)1(6)7/h7-9,11,26H,3-6H2,1-2H3,(H,22,23,24);(H,6,7). The Kier molecular flexibility index (Phi) is 7.03. The van der Waals surface area contributed by atoms with Crippen LogP contribution >= 0.6 is 0 Å². The molecule has 4 rings (SSSR count). The molecule has 1 saturated carbocycles. The zero-order valence-electron chi connectivity index (χ0n) is 18.5. The molecule has 2 aromatic rings. The highest BCUT2D eigenvalue weighted by Crippen LogP contribution is 2.41. The van der Waals surface area contributed by atoms with E-state index >= 15 is 0 Å². The van der Waals surface area contributed by atoms with Crippen LogP contribution in [0.15, 0.2) is 18.3 Å². The van der Waals surface area contributed by atoms with Crippen molar-refractivity contribution in [3.63, 3.8) is 0 Å². The molecule has 0 saturated heterocycles. The van der Waals surface area contributed by atoms with E-state index in [4.69, 9.17) is 14.6 Å². The Morgan fingerprint density at radius 2 is 1.74 bits per heavy atom. The molecule has 0 atom stereocenters. The van der Waals surface area contributed by atoms with Gasteiger partial charge in [-0.15, -0.1) is 0 Å². The van der Waals surface area contributed by atoms with Crippen LogP contribution in [0.1, 0.15) is 45.1 Å². The quantitative estimate of drug-likeness (QED) is 0.395. The summed E-state index contributed by atoms with van der Waals surface area (Å²) in [6, 6.07) is 1.87. The second-order valence-electron chi connectivity index (χ2n) is 8.33. The number of hydrogen-bond donors (Lipinski definition) is 3. The number of hydrogen-bond acceptors (Lipinski definition) is 7. The largest absolute Gasteiger partial charge is 0.503 e. The number of anilines is 3. The van der Waals surface area contributed by atoms with Crippen molar-refractivity contribution in [2.75, 3.05) is 10.2 Å². The normalized spacial score (nSPS) is 17.2. The van der Waals surface area contributed by atoms with E-state index < -0.39 is 41.2 Å². The van der Waals surface area contributed by atoms with Gasteiger partial charge in [0.05, 0.1) is 5.56 Å². The summed E-state index contributed by atoms with van der Waals surface area (Å²) >= 11 is 0. The summed E-state index contributed by atoms with van der Waals surface area (Å²) in [6.07, 6.45) is -0.237. The lowest BCUT2D eigenvalue weighted by atomic mass is 9.97. The maximum atomic E-state index is 13.6. The van der Waals surface area contributed by atoms with E-state index in [9.17, 15) is 31.9 Å². The molecule has 9 nitrogen and oxygen atoms in total. The first-order valence-corrected chi connectivity index (χ1v) is 10.4. The Labute approximate surface area is 195 Å². The number of aromatic hydroxyl groups is 1. The Bertz CT molecular complexity index is 1110. The van der Waals surface area contributed by atoms with E-state index in [0.717, 1.165) is 37.8 Å². The maximum absolute atomic E-state index is 13.6. The van der Waals surface area contributed by atoms with E-state index in [1.54, 1.807) is 24.9 Å². The minimum atomic E-state index is -5.08. The van der Waals surface area contributed by atoms with Crippen LogP contribution in [0.4, 0.5) is 44.2 Å². The number of phenols is 1. The maximum Gasteiger partial charge on any atom is 0.490 e. The molecule has 0 spiro atoms. The number of phenolic OH excluding ortho intramolecular Hbond substituents is 1.